The van der Waals surface area contributed by atoms with E-state index in [0.29, 0.717) is 10.9 Å². The van der Waals surface area contributed by atoms with Gasteiger partial charge in [0, 0.05) is 0 Å². The molecule has 0 aliphatic carbocycles. The molecule has 0 bridgehead atoms. The normalized spacial score (nSPS) is 14.8. The highest BCUT2D eigenvalue weighted by Crippen LogP contribution is 2.52. The predicted molar refractivity (Wildman–Crippen MR) is 142 cm³/mol. The van der Waals surface area contributed by atoms with E-state index in [1.165, 1.54) is 96.3 Å². The Hall–Kier alpha value is -0.190. The molecule has 0 heterocycles. The number of rotatable bonds is 23. The van der Waals surface area contributed by atoms with Gasteiger partial charge in [0.25, 0.3) is 0 Å². The molecule has 6 heteroatoms. The van der Waals surface area contributed by atoms with Crippen molar-refractivity contribution in [3.05, 3.63) is 12.2 Å². The Morgan fingerprint density at radius 3 is 1.39 bits per heavy atom. The molecular weight excluding hydrogens is 433 g/mol. The Balaban J connectivity index is 3.59. The van der Waals surface area contributed by atoms with Crippen LogP contribution in [0.25, 0.3) is 0 Å². The maximum absolute atomic E-state index is 11.8. The van der Waals surface area contributed by atoms with Crippen molar-refractivity contribution in [1.82, 2.24) is 0 Å². The molecule has 0 saturated carbocycles. The molecule has 1 unspecified atom stereocenters. The molecule has 5 nitrogen and oxygen atoms in total. The molecule has 198 valence electrons. The van der Waals surface area contributed by atoms with Gasteiger partial charge in [0.15, 0.2) is 0 Å². The minimum absolute atomic E-state index is 0.0418. The van der Waals surface area contributed by atoms with Gasteiger partial charge in [-0.25, -0.2) is 0 Å². The molecular formula is C27H57NO4P+. The van der Waals surface area contributed by atoms with Crippen LogP contribution >= 0.6 is 7.60 Å². The molecule has 0 saturated heterocycles. The maximum Gasteiger partial charge on any atom is 0.362 e. The van der Waals surface area contributed by atoms with E-state index < -0.39 is 12.9 Å². The monoisotopic (exact) mass is 490 g/mol. The van der Waals surface area contributed by atoms with Crippen LogP contribution in [0.2, 0.25) is 0 Å². The number of hydrogen-bond donors (Lipinski definition) is 3. The average Bonchev–Trinajstić information content (AvgIpc) is 2.70. The molecule has 3 N–H and O–H groups in total. The largest absolute Gasteiger partial charge is 0.373 e. The summed E-state index contributed by atoms with van der Waals surface area (Å²) in [5, 5.41) is 8.59. The summed E-state index contributed by atoms with van der Waals surface area (Å²) >= 11 is 0. The fraction of sp³-hybridized carbons (Fsp3) is 0.926. The summed E-state index contributed by atoms with van der Waals surface area (Å²) in [5.74, 6) is 0. The maximum atomic E-state index is 11.8. The van der Waals surface area contributed by atoms with E-state index in [1.54, 1.807) is 0 Å². The smallest absolute Gasteiger partial charge is 0.362 e. The Morgan fingerprint density at radius 1 is 0.667 bits per heavy atom. The number of aliphatic hydroxyl groups is 1. The topological polar surface area (TPSA) is 77.8 Å². The van der Waals surface area contributed by atoms with E-state index in [1.807, 2.05) is 21.1 Å². The van der Waals surface area contributed by atoms with E-state index in [-0.39, 0.29) is 13.0 Å². The molecule has 0 aliphatic heterocycles. The van der Waals surface area contributed by atoms with E-state index >= 15 is 0 Å². The first-order valence-corrected chi connectivity index (χ1v) is 15.4. The van der Waals surface area contributed by atoms with Crippen LogP contribution in [-0.2, 0) is 4.57 Å². The first-order valence-electron chi connectivity index (χ1n) is 13.8. The quantitative estimate of drug-likeness (QED) is 0.0598. The summed E-state index contributed by atoms with van der Waals surface area (Å²) in [4.78, 5) is 19.2. The lowest BCUT2D eigenvalue weighted by Gasteiger charge is -2.35. The highest BCUT2D eigenvalue weighted by atomic mass is 31.2. The zero-order valence-electron chi connectivity index (χ0n) is 22.4. The van der Waals surface area contributed by atoms with Crippen LogP contribution in [-0.4, -0.2) is 52.4 Å². The van der Waals surface area contributed by atoms with Crippen molar-refractivity contribution in [3.8, 4) is 0 Å². The second-order valence-electron chi connectivity index (χ2n) is 11.1. The van der Waals surface area contributed by atoms with Crippen LogP contribution in [0.1, 0.15) is 129 Å². The highest BCUT2D eigenvalue weighted by molar-refractivity contribution is 7.53. The SMILES string of the molecule is CCCCCCCCCCCCCCCCC/C=C\CCCC(O)(C[N+](C)(C)C)P(=O)(O)O. The van der Waals surface area contributed by atoms with E-state index in [2.05, 4.69) is 19.1 Å². The van der Waals surface area contributed by atoms with Crippen LogP contribution in [0.5, 0.6) is 0 Å². The predicted octanol–water partition coefficient (Wildman–Crippen LogP) is 7.55. The molecule has 0 aliphatic rings. The van der Waals surface area contributed by atoms with Crippen LogP contribution in [0.15, 0.2) is 12.2 Å². The zero-order chi connectivity index (χ0) is 25.1. The molecule has 0 rings (SSSR count). The highest BCUT2D eigenvalue weighted by Gasteiger charge is 2.48. The van der Waals surface area contributed by atoms with Crippen LogP contribution in [0.4, 0.5) is 0 Å². The van der Waals surface area contributed by atoms with Gasteiger partial charge in [-0.2, -0.15) is 0 Å². The Labute approximate surface area is 205 Å². The van der Waals surface area contributed by atoms with Crippen molar-refractivity contribution in [2.75, 3.05) is 27.7 Å². The summed E-state index contributed by atoms with van der Waals surface area (Å²) in [6.07, 6.45) is 27.4. The van der Waals surface area contributed by atoms with Crippen LogP contribution in [0, 0.1) is 0 Å². The summed E-state index contributed by atoms with van der Waals surface area (Å²) in [7, 11) is 0.930. The van der Waals surface area contributed by atoms with Crippen molar-refractivity contribution in [2.45, 2.75) is 134 Å². The molecule has 0 spiro atoms. The molecule has 0 aromatic heterocycles. The van der Waals surface area contributed by atoms with Gasteiger partial charge in [-0.1, -0.05) is 109 Å². The number of hydrogen-bond acceptors (Lipinski definition) is 2. The summed E-state index contributed by atoms with van der Waals surface area (Å²) in [6.45, 7) is 2.32. The van der Waals surface area contributed by atoms with Crippen molar-refractivity contribution in [1.29, 1.82) is 0 Å². The van der Waals surface area contributed by atoms with Gasteiger partial charge in [0.05, 0.1) is 21.1 Å². The third kappa shape index (κ3) is 19.8. The van der Waals surface area contributed by atoms with Gasteiger partial charge in [0.1, 0.15) is 6.54 Å². The second kappa shape index (κ2) is 19.1. The molecule has 0 aromatic rings. The third-order valence-electron chi connectivity index (χ3n) is 6.36. The minimum atomic E-state index is -4.56. The minimum Gasteiger partial charge on any atom is -0.373 e. The first-order chi connectivity index (χ1) is 15.5. The average molecular weight is 491 g/mol. The van der Waals surface area contributed by atoms with Gasteiger partial charge in [-0.05, 0) is 32.1 Å². The van der Waals surface area contributed by atoms with Gasteiger partial charge < -0.3 is 19.4 Å². The van der Waals surface area contributed by atoms with Gasteiger partial charge >= 0.3 is 7.60 Å². The molecule has 33 heavy (non-hydrogen) atoms. The lowest BCUT2D eigenvalue weighted by molar-refractivity contribution is -0.875. The number of unbranched alkanes of at least 4 members (excludes halogenated alkanes) is 16. The number of quaternary nitrogens is 1. The van der Waals surface area contributed by atoms with E-state index in [9.17, 15) is 19.5 Å². The Bertz CT molecular complexity index is 527. The van der Waals surface area contributed by atoms with E-state index in [0.717, 1.165) is 12.8 Å². The molecule has 0 aromatic carbocycles. The van der Waals surface area contributed by atoms with Crippen molar-refractivity contribution < 1.29 is 23.9 Å². The second-order valence-corrected chi connectivity index (χ2v) is 13.0. The summed E-state index contributed by atoms with van der Waals surface area (Å²) in [6, 6.07) is 0. The Kier molecular flexibility index (Phi) is 18.9. The third-order valence-corrected chi connectivity index (χ3v) is 7.81. The van der Waals surface area contributed by atoms with Crippen molar-refractivity contribution >= 4 is 7.60 Å². The molecule has 0 fully saturated rings. The lowest BCUT2D eigenvalue weighted by Crippen LogP contribution is -2.49. The van der Waals surface area contributed by atoms with Gasteiger partial charge in [-0.15, -0.1) is 0 Å². The van der Waals surface area contributed by atoms with Gasteiger partial charge in [-0.3, -0.25) is 4.57 Å². The fourth-order valence-corrected chi connectivity index (χ4v) is 5.51. The molecule has 1 atom stereocenters. The Morgan fingerprint density at radius 2 is 1.03 bits per heavy atom. The van der Waals surface area contributed by atoms with Crippen LogP contribution in [0.3, 0.4) is 0 Å². The van der Waals surface area contributed by atoms with E-state index in [4.69, 9.17) is 0 Å². The number of nitrogens with zero attached hydrogens (tertiary/aromatic N) is 1. The number of allylic oxidation sites excluding steroid dienone is 2. The van der Waals surface area contributed by atoms with Crippen molar-refractivity contribution in [2.24, 2.45) is 0 Å². The fourth-order valence-electron chi connectivity index (χ4n) is 4.45. The van der Waals surface area contributed by atoms with Crippen molar-refractivity contribution in [3.63, 3.8) is 0 Å². The summed E-state index contributed by atoms with van der Waals surface area (Å²) in [5.41, 5.74) is 0. The summed E-state index contributed by atoms with van der Waals surface area (Å²) < 4.78 is 12.1. The van der Waals surface area contributed by atoms with Gasteiger partial charge in [0.2, 0.25) is 5.34 Å². The molecule has 0 amide bonds. The zero-order valence-corrected chi connectivity index (χ0v) is 23.3. The lowest BCUT2D eigenvalue weighted by atomic mass is 10.0. The number of likely N-dealkylation sites (N-methyl/N-ethyl adjacent to an activating group) is 1. The standard InChI is InChI=1S/C27H56NO4P/c1-5-6-7-8-9-10-11-12-13-14-15-16-17-18-19-20-21-22-23-24-25-27(29,33(30,31)32)26-28(2,3)4/h21-22,29H,5-20,23-26H2,1-4H3,(H-,30,31,32)/p+1/b22-21-. The molecule has 0 radical (unpaired) electrons. The van der Waals surface area contributed by atoms with Crippen LogP contribution < -0.4 is 0 Å². The first kappa shape index (κ1) is 32.8.